The summed E-state index contributed by atoms with van der Waals surface area (Å²) >= 11 is 0. The second-order valence-electron chi connectivity index (χ2n) is 6.01. The Morgan fingerprint density at radius 2 is 2.17 bits per heavy atom. The molecular weight excluding hydrogens is 222 g/mol. The molecule has 1 N–H and O–H groups in total. The summed E-state index contributed by atoms with van der Waals surface area (Å²) < 4.78 is 2.10. The number of nitrogens with one attached hydrogen (secondary N) is 1. The lowest BCUT2D eigenvalue weighted by molar-refractivity contribution is 0.355. The molecule has 2 rings (SSSR count). The molecule has 0 bridgehead atoms. The van der Waals surface area contributed by atoms with Crippen molar-refractivity contribution >= 4 is 0 Å². The van der Waals surface area contributed by atoms with Crippen LogP contribution in [0, 0.1) is 5.41 Å². The average Bonchev–Trinajstić information content (AvgIpc) is 2.94. The van der Waals surface area contributed by atoms with Gasteiger partial charge in [-0.15, -0.1) is 0 Å². The zero-order valence-corrected chi connectivity index (χ0v) is 12.2. The molecular formula is C15H27N3. The minimum absolute atomic E-state index is 0.507. The number of likely N-dealkylation sites (N-methyl/N-ethyl adjacent to an activating group) is 1. The molecule has 1 heterocycles. The SMILES string of the molecule is CCNC(Cc1ccn(C(C)CC)n1)C1(C)CC1. The van der Waals surface area contributed by atoms with Crippen molar-refractivity contribution in [2.24, 2.45) is 5.41 Å². The van der Waals surface area contributed by atoms with E-state index in [9.17, 15) is 0 Å². The van der Waals surface area contributed by atoms with E-state index in [4.69, 9.17) is 5.10 Å². The molecule has 18 heavy (non-hydrogen) atoms. The van der Waals surface area contributed by atoms with Gasteiger partial charge in [0, 0.05) is 24.7 Å². The number of nitrogens with zero attached hydrogens (tertiary/aromatic N) is 2. The Morgan fingerprint density at radius 3 is 2.72 bits per heavy atom. The van der Waals surface area contributed by atoms with E-state index in [1.54, 1.807) is 0 Å². The third kappa shape index (κ3) is 2.94. The second-order valence-corrected chi connectivity index (χ2v) is 6.01. The van der Waals surface area contributed by atoms with Crippen molar-refractivity contribution in [2.45, 2.75) is 65.5 Å². The smallest absolute Gasteiger partial charge is 0.0640 e. The minimum atomic E-state index is 0.507. The highest BCUT2D eigenvalue weighted by atomic mass is 15.3. The van der Waals surface area contributed by atoms with E-state index in [1.807, 2.05) is 0 Å². The molecule has 0 aromatic carbocycles. The molecule has 3 heteroatoms. The second kappa shape index (κ2) is 5.43. The van der Waals surface area contributed by atoms with Crippen LogP contribution in [0.4, 0.5) is 0 Å². The fraction of sp³-hybridized carbons (Fsp3) is 0.800. The van der Waals surface area contributed by atoms with E-state index in [0.717, 1.165) is 19.4 Å². The van der Waals surface area contributed by atoms with Gasteiger partial charge in [-0.3, -0.25) is 4.68 Å². The van der Waals surface area contributed by atoms with E-state index in [2.05, 4.69) is 50.0 Å². The summed E-state index contributed by atoms with van der Waals surface area (Å²) in [6.45, 7) is 10.1. The molecule has 2 atom stereocenters. The van der Waals surface area contributed by atoms with Gasteiger partial charge in [0.25, 0.3) is 0 Å². The maximum atomic E-state index is 4.72. The Hall–Kier alpha value is -0.830. The Kier molecular flexibility index (Phi) is 4.10. The summed E-state index contributed by atoms with van der Waals surface area (Å²) in [5.74, 6) is 0. The highest BCUT2D eigenvalue weighted by Crippen LogP contribution is 2.48. The van der Waals surface area contributed by atoms with Gasteiger partial charge in [-0.05, 0) is 44.2 Å². The summed E-state index contributed by atoms with van der Waals surface area (Å²) in [6.07, 6.45) is 7.04. The Balaban J connectivity index is 2.00. The number of aromatic nitrogens is 2. The first-order valence-electron chi connectivity index (χ1n) is 7.36. The van der Waals surface area contributed by atoms with Crippen LogP contribution < -0.4 is 5.32 Å². The van der Waals surface area contributed by atoms with Crippen molar-refractivity contribution in [3.05, 3.63) is 18.0 Å². The van der Waals surface area contributed by atoms with Crippen LogP contribution in [0.25, 0.3) is 0 Å². The Bertz CT molecular complexity index is 379. The molecule has 0 aliphatic heterocycles. The molecule has 0 amide bonds. The van der Waals surface area contributed by atoms with Crippen molar-refractivity contribution < 1.29 is 0 Å². The molecule has 0 saturated heterocycles. The third-order valence-electron chi connectivity index (χ3n) is 4.45. The van der Waals surface area contributed by atoms with Crippen LogP contribution in [-0.2, 0) is 6.42 Å². The summed E-state index contributed by atoms with van der Waals surface area (Å²) in [5, 5.41) is 8.36. The standard InChI is InChI=1S/C15H27N3/c1-5-12(3)18-10-7-13(17-18)11-14(16-6-2)15(4)8-9-15/h7,10,12,14,16H,5-6,8-9,11H2,1-4H3. The summed E-state index contributed by atoms with van der Waals surface area (Å²) in [6, 6.07) is 3.28. The lowest BCUT2D eigenvalue weighted by Crippen LogP contribution is -2.38. The van der Waals surface area contributed by atoms with E-state index in [-0.39, 0.29) is 0 Å². The summed E-state index contributed by atoms with van der Waals surface area (Å²) in [5.41, 5.74) is 1.74. The highest BCUT2D eigenvalue weighted by Gasteiger charge is 2.44. The molecule has 1 aliphatic rings. The molecule has 1 fully saturated rings. The van der Waals surface area contributed by atoms with Crippen molar-refractivity contribution in [1.29, 1.82) is 0 Å². The van der Waals surface area contributed by atoms with Crippen molar-refractivity contribution in [3.8, 4) is 0 Å². The Labute approximate surface area is 111 Å². The topological polar surface area (TPSA) is 29.9 Å². The van der Waals surface area contributed by atoms with E-state index < -0.39 is 0 Å². The van der Waals surface area contributed by atoms with Crippen LogP contribution in [-0.4, -0.2) is 22.4 Å². The monoisotopic (exact) mass is 249 g/mol. The summed E-state index contributed by atoms with van der Waals surface area (Å²) in [4.78, 5) is 0. The number of hydrogen-bond donors (Lipinski definition) is 1. The molecule has 102 valence electrons. The number of rotatable bonds is 7. The zero-order chi connectivity index (χ0) is 13.2. The molecule has 0 spiro atoms. The summed E-state index contributed by atoms with van der Waals surface area (Å²) in [7, 11) is 0. The largest absolute Gasteiger partial charge is 0.313 e. The highest BCUT2D eigenvalue weighted by molar-refractivity contribution is 5.08. The molecule has 0 radical (unpaired) electrons. The molecule has 1 aromatic heterocycles. The molecule has 1 aromatic rings. The van der Waals surface area contributed by atoms with Crippen LogP contribution in [0.3, 0.4) is 0 Å². The first kappa shape index (κ1) is 13.6. The minimum Gasteiger partial charge on any atom is -0.313 e. The quantitative estimate of drug-likeness (QED) is 0.804. The van der Waals surface area contributed by atoms with Gasteiger partial charge < -0.3 is 5.32 Å². The lowest BCUT2D eigenvalue weighted by Gasteiger charge is -2.23. The fourth-order valence-electron chi connectivity index (χ4n) is 2.48. The van der Waals surface area contributed by atoms with Gasteiger partial charge in [0.05, 0.1) is 5.69 Å². The van der Waals surface area contributed by atoms with Gasteiger partial charge in [-0.25, -0.2) is 0 Å². The van der Waals surface area contributed by atoms with Crippen molar-refractivity contribution in [2.75, 3.05) is 6.54 Å². The first-order chi connectivity index (χ1) is 8.59. The van der Waals surface area contributed by atoms with E-state index >= 15 is 0 Å². The van der Waals surface area contributed by atoms with Crippen LogP contribution in [0.2, 0.25) is 0 Å². The van der Waals surface area contributed by atoms with Crippen molar-refractivity contribution in [1.82, 2.24) is 15.1 Å². The third-order valence-corrected chi connectivity index (χ3v) is 4.45. The maximum absolute atomic E-state index is 4.72. The van der Waals surface area contributed by atoms with Crippen molar-refractivity contribution in [3.63, 3.8) is 0 Å². The zero-order valence-electron chi connectivity index (χ0n) is 12.2. The lowest BCUT2D eigenvalue weighted by atomic mass is 9.94. The average molecular weight is 249 g/mol. The predicted molar refractivity (Wildman–Crippen MR) is 75.7 cm³/mol. The molecule has 1 saturated carbocycles. The predicted octanol–water partition coefficient (Wildman–Crippen LogP) is 3.17. The molecule has 3 nitrogen and oxygen atoms in total. The van der Waals surface area contributed by atoms with Gasteiger partial charge in [0.1, 0.15) is 0 Å². The van der Waals surface area contributed by atoms with Crippen LogP contribution >= 0.6 is 0 Å². The van der Waals surface area contributed by atoms with Crippen LogP contribution in [0.15, 0.2) is 12.3 Å². The van der Waals surface area contributed by atoms with Crippen LogP contribution in [0.5, 0.6) is 0 Å². The van der Waals surface area contributed by atoms with E-state index in [0.29, 0.717) is 17.5 Å². The van der Waals surface area contributed by atoms with Gasteiger partial charge >= 0.3 is 0 Å². The van der Waals surface area contributed by atoms with Gasteiger partial charge in [-0.2, -0.15) is 5.10 Å². The van der Waals surface area contributed by atoms with Gasteiger partial charge in [-0.1, -0.05) is 20.8 Å². The van der Waals surface area contributed by atoms with Gasteiger partial charge in [0.2, 0.25) is 0 Å². The Morgan fingerprint density at radius 1 is 1.44 bits per heavy atom. The maximum Gasteiger partial charge on any atom is 0.0640 e. The molecule has 2 unspecified atom stereocenters. The first-order valence-corrected chi connectivity index (χ1v) is 7.36. The normalized spacial score (nSPS) is 20.7. The van der Waals surface area contributed by atoms with Gasteiger partial charge in [0.15, 0.2) is 0 Å². The number of hydrogen-bond acceptors (Lipinski definition) is 2. The van der Waals surface area contributed by atoms with Crippen LogP contribution in [0.1, 0.15) is 58.7 Å². The molecule has 1 aliphatic carbocycles. The fourth-order valence-corrected chi connectivity index (χ4v) is 2.48. The van der Waals surface area contributed by atoms with E-state index in [1.165, 1.54) is 18.5 Å².